The number of amides is 1. The van der Waals surface area contributed by atoms with E-state index in [4.69, 9.17) is 4.74 Å². The number of hydrogen-bond donors (Lipinski definition) is 1. The first kappa shape index (κ1) is 19.9. The molecule has 148 valence electrons. The van der Waals surface area contributed by atoms with E-state index >= 15 is 0 Å². The lowest BCUT2D eigenvalue weighted by Gasteiger charge is -2.14. The molecule has 3 rings (SSSR count). The average molecular weight is 404 g/mol. The highest BCUT2D eigenvalue weighted by Crippen LogP contribution is 2.31. The van der Waals surface area contributed by atoms with E-state index in [1.54, 1.807) is 24.4 Å². The molecule has 2 aromatic rings. The number of nitrogens with zero attached hydrogens (tertiary/aromatic N) is 3. The molecule has 1 amide bonds. The largest absolute Gasteiger partial charge is 0.455 e. The zero-order valence-corrected chi connectivity index (χ0v) is 15.9. The van der Waals surface area contributed by atoms with Crippen LogP contribution < -0.4 is 5.32 Å². The summed E-state index contributed by atoms with van der Waals surface area (Å²) in [5.41, 5.74) is -0.0135. The van der Waals surface area contributed by atoms with Crippen LogP contribution >= 0.6 is 11.8 Å². The number of nitrogens with one attached hydrogen (secondary N) is 1. The molecule has 0 spiro atoms. The summed E-state index contributed by atoms with van der Waals surface area (Å²) in [6.07, 6.45) is 6.03. The molecule has 1 fully saturated rings. The van der Waals surface area contributed by atoms with Gasteiger partial charge in [-0.3, -0.25) is 19.7 Å². The lowest BCUT2D eigenvalue weighted by Crippen LogP contribution is -2.23. The first-order chi connectivity index (χ1) is 13.5. The van der Waals surface area contributed by atoms with Gasteiger partial charge in [0.15, 0.2) is 6.61 Å². The molecular formula is C18H20N4O5S. The molecule has 28 heavy (non-hydrogen) atoms. The molecule has 0 saturated heterocycles. The summed E-state index contributed by atoms with van der Waals surface area (Å²) >= 11 is 1.18. The number of anilines is 1. The fourth-order valence-electron chi connectivity index (χ4n) is 3.03. The Hall–Kier alpha value is -2.88. The third kappa shape index (κ3) is 5.32. The summed E-state index contributed by atoms with van der Waals surface area (Å²) in [7, 11) is 0. The lowest BCUT2D eigenvalue weighted by molar-refractivity contribution is -0.384. The van der Waals surface area contributed by atoms with Crippen LogP contribution in [0.2, 0.25) is 0 Å². The van der Waals surface area contributed by atoms with Crippen molar-refractivity contribution in [3.05, 3.63) is 46.6 Å². The van der Waals surface area contributed by atoms with Gasteiger partial charge in [0, 0.05) is 23.1 Å². The Bertz CT molecular complexity index is 846. The molecule has 1 saturated carbocycles. The number of nitro benzene ring substituents is 1. The molecule has 0 atom stereocenters. The summed E-state index contributed by atoms with van der Waals surface area (Å²) in [5, 5.41) is 17.6. The van der Waals surface area contributed by atoms with Gasteiger partial charge >= 0.3 is 5.97 Å². The minimum absolute atomic E-state index is 0.00506. The lowest BCUT2D eigenvalue weighted by atomic mass is 10.2. The summed E-state index contributed by atoms with van der Waals surface area (Å²) in [5.74, 6) is -0.352. The van der Waals surface area contributed by atoms with Gasteiger partial charge in [-0.05, 0) is 25.0 Å². The number of carbonyl (C=O) groups is 2. The van der Waals surface area contributed by atoms with E-state index in [1.807, 2.05) is 4.68 Å². The second kappa shape index (κ2) is 9.36. The number of aromatic nitrogens is 2. The van der Waals surface area contributed by atoms with Crippen molar-refractivity contribution in [2.75, 3.05) is 17.7 Å². The van der Waals surface area contributed by atoms with E-state index in [0.29, 0.717) is 16.8 Å². The number of thioether (sulfide) groups is 1. The maximum atomic E-state index is 12.1. The van der Waals surface area contributed by atoms with Gasteiger partial charge in [-0.2, -0.15) is 5.10 Å². The summed E-state index contributed by atoms with van der Waals surface area (Å²) in [4.78, 5) is 34.7. The van der Waals surface area contributed by atoms with Crippen LogP contribution in [0.3, 0.4) is 0 Å². The SMILES string of the molecule is O=C(COC(=O)CSc1ccc([N+](=O)[O-])cc1)Nc1ccnn1C1CCCC1. The van der Waals surface area contributed by atoms with Gasteiger partial charge in [0.05, 0.1) is 22.9 Å². The van der Waals surface area contributed by atoms with Gasteiger partial charge in [0.2, 0.25) is 0 Å². The topological polar surface area (TPSA) is 116 Å². The second-order valence-corrected chi connectivity index (χ2v) is 7.40. The van der Waals surface area contributed by atoms with Crippen molar-refractivity contribution in [3.8, 4) is 0 Å². The number of nitro groups is 1. The molecular weight excluding hydrogens is 384 g/mol. The molecule has 9 nitrogen and oxygen atoms in total. The summed E-state index contributed by atoms with van der Waals surface area (Å²) in [6, 6.07) is 7.89. The quantitative estimate of drug-likeness (QED) is 0.311. The van der Waals surface area contributed by atoms with Gasteiger partial charge in [-0.15, -0.1) is 11.8 Å². The van der Waals surface area contributed by atoms with E-state index in [-0.39, 0.29) is 18.0 Å². The molecule has 1 aliphatic rings. The number of hydrogen-bond acceptors (Lipinski definition) is 7. The Kier molecular flexibility index (Phi) is 6.64. The van der Waals surface area contributed by atoms with Crippen molar-refractivity contribution >= 4 is 35.1 Å². The highest BCUT2D eigenvalue weighted by molar-refractivity contribution is 8.00. The third-order valence-electron chi connectivity index (χ3n) is 4.38. The first-order valence-electron chi connectivity index (χ1n) is 8.89. The second-order valence-electron chi connectivity index (χ2n) is 6.35. The van der Waals surface area contributed by atoms with Crippen LogP contribution in [0.5, 0.6) is 0 Å². The number of carbonyl (C=O) groups excluding carboxylic acids is 2. The molecule has 1 N–H and O–H groups in total. The van der Waals surface area contributed by atoms with E-state index in [9.17, 15) is 19.7 Å². The van der Waals surface area contributed by atoms with E-state index < -0.39 is 16.8 Å². The Morgan fingerprint density at radius 3 is 2.64 bits per heavy atom. The molecule has 0 radical (unpaired) electrons. The van der Waals surface area contributed by atoms with Crippen molar-refractivity contribution < 1.29 is 19.2 Å². The van der Waals surface area contributed by atoms with E-state index in [0.717, 1.165) is 25.7 Å². The Labute approximate surface area is 165 Å². The normalized spacial score (nSPS) is 14.0. The van der Waals surface area contributed by atoms with Gasteiger partial charge in [0.25, 0.3) is 11.6 Å². The van der Waals surface area contributed by atoms with Gasteiger partial charge < -0.3 is 10.1 Å². The predicted octanol–water partition coefficient (Wildman–Crippen LogP) is 3.18. The summed E-state index contributed by atoms with van der Waals surface area (Å²) < 4.78 is 6.81. The zero-order valence-electron chi connectivity index (χ0n) is 15.1. The maximum absolute atomic E-state index is 12.1. The van der Waals surface area contributed by atoms with E-state index in [2.05, 4.69) is 10.4 Å². The molecule has 1 heterocycles. The van der Waals surface area contributed by atoms with Crippen LogP contribution in [-0.4, -0.2) is 38.9 Å². The van der Waals surface area contributed by atoms with Crippen LogP contribution in [0.1, 0.15) is 31.7 Å². The number of ether oxygens (including phenoxy) is 1. The van der Waals surface area contributed by atoms with Crippen molar-refractivity contribution in [3.63, 3.8) is 0 Å². The van der Waals surface area contributed by atoms with E-state index in [1.165, 1.54) is 23.9 Å². The monoisotopic (exact) mass is 404 g/mol. The van der Waals surface area contributed by atoms with Gasteiger partial charge in [-0.25, -0.2) is 4.68 Å². The molecule has 0 bridgehead atoms. The minimum atomic E-state index is -0.539. The zero-order chi connectivity index (χ0) is 19.9. The molecule has 0 unspecified atom stereocenters. The molecule has 1 aromatic heterocycles. The fourth-order valence-corrected chi connectivity index (χ4v) is 3.72. The predicted molar refractivity (Wildman–Crippen MR) is 103 cm³/mol. The standard InChI is InChI=1S/C18H20N4O5S/c23-17(20-16-9-10-19-21(16)13-3-1-2-4-13)11-27-18(24)12-28-15-7-5-14(6-8-15)22(25)26/h5-10,13H,1-4,11-12H2,(H,20,23). The van der Waals surface area contributed by atoms with Crippen LogP contribution in [0, 0.1) is 10.1 Å². The smallest absolute Gasteiger partial charge is 0.316 e. The van der Waals surface area contributed by atoms with Crippen molar-refractivity contribution in [2.45, 2.75) is 36.6 Å². The Morgan fingerprint density at radius 2 is 1.96 bits per heavy atom. The van der Waals surface area contributed by atoms with Crippen molar-refractivity contribution in [2.24, 2.45) is 0 Å². The Balaban J connectivity index is 1.41. The van der Waals surface area contributed by atoms with Crippen LogP contribution in [0.4, 0.5) is 11.5 Å². The van der Waals surface area contributed by atoms with Crippen molar-refractivity contribution in [1.29, 1.82) is 0 Å². The Morgan fingerprint density at radius 1 is 1.25 bits per heavy atom. The maximum Gasteiger partial charge on any atom is 0.316 e. The number of benzene rings is 1. The van der Waals surface area contributed by atoms with Crippen molar-refractivity contribution in [1.82, 2.24) is 9.78 Å². The minimum Gasteiger partial charge on any atom is -0.455 e. The molecule has 0 aliphatic heterocycles. The first-order valence-corrected chi connectivity index (χ1v) is 9.88. The number of rotatable bonds is 8. The number of esters is 1. The van der Waals surface area contributed by atoms with Crippen LogP contribution in [-0.2, 0) is 14.3 Å². The summed E-state index contributed by atoms with van der Waals surface area (Å²) in [6.45, 7) is -0.379. The highest BCUT2D eigenvalue weighted by Gasteiger charge is 2.20. The highest BCUT2D eigenvalue weighted by atomic mass is 32.2. The van der Waals surface area contributed by atoms with Gasteiger partial charge in [0.1, 0.15) is 5.82 Å². The van der Waals surface area contributed by atoms with Gasteiger partial charge in [-0.1, -0.05) is 12.8 Å². The van der Waals surface area contributed by atoms with Crippen LogP contribution in [0.15, 0.2) is 41.4 Å². The fraction of sp³-hybridized carbons (Fsp3) is 0.389. The van der Waals surface area contributed by atoms with Crippen LogP contribution in [0.25, 0.3) is 0 Å². The number of non-ortho nitro benzene ring substituents is 1. The molecule has 10 heteroatoms. The molecule has 1 aliphatic carbocycles. The average Bonchev–Trinajstić information content (AvgIpc) is 3.36. The molecule has 1 aromatic carbocycles. The third-order valence-corrected chi connectivity index (χ3v) is 5.36.